The molecule has 5 atom stereocenters. The minimum absolute atomic E-state index is 0. The van der Waals surface area contributed by atoms with E-state index in [9.17, 15) is 9.90 Å². The molecule has 1 heterocycles. The predicted molar refractivity (Wildman–Crippen MR) is 33.9 cm³/mol. The third-order valence-electron chi connectivity index (χ3n) is 1.82. The Morgan fingerprint density at radius 3 is 2.00 bits per heavy atom. The Hall–Kier alpha value is 0.270. The normalized spacial score (nSPS) is 42.7. The molecule has 1 rings (SSSR count). The third-order valence-corrected chi connectivity index (χ3v) is 1.82. The zero-order valence-electron chi connectivity index (χ0n) is 7.40. The van der Waals surface area contributed by atoms with Gasteiger partial charge in [-0.05, 0) is 0 Å². The molecule has 7 nitrogen and oxygen atoms in total. The number of carboxylic acids is 1. The zero-order chi connectivity index (χ0) is 10.2. The molecule has 1 fully saturated rings. The van der Waals surface area contributed by atoms with E-state index in [0.717, 1.165) is 0 Å². The maximum Gasteiger partial charge on any atom is 1.00 e. The van der Waals surface area contributed by atoms with Crippen molar-refractivity contribution in [2.24, 2.45) is 0 Å². The summed E-state index contributed by atoms with van der Waals surface area (Å²) in [5, 5.41) is 46.1. The van der Waals surface area contributed by atoms with Crippen LogP contribution in [0, 0.1) is 0 Å². The van der Waals surface area contributed by atoms with E-state index in [4.69, 9.17) is 20.4 Å². The number of hydrogen-bond acceptors (Lipinski definition) is 7. The van der Waals surface area contributed by atoms with Gasteiger partial charge in [-0.2, -0.15) is 0 Å². The van der Waals surface area contributed by atoms with Crippen molar-refractivity contribution in [1.29, 1.82) is 0 Å². The molecule has 4 N–H and O–H groups in total. The molecule has 1 saturated heterocycles. The van der Waals surface area contributed by atoms with E-state index in [0.29, 0.717) is 0 Å². The standard InChI is InChI=1S/C6H10O7.Na/c7-1-2(8)4(5(10)11)13-6(12)3(1)9;/h1-4,6-9,12H,(H,10,11);/q;+1/p-1/t1-,2-,3-,4-,6-;/m1./s1. The molecule has 14 heavy (non-hydrogen) atoms. The molecule has 1 aliphatic heterocycles. The summed E-state index contributed by atoms with van der Waals surface area (Å²) in [6.45, 7) is 0. The Balaban J connectivity index is 0.00000169. The maximum atomic E-state index is 10.3. The number of aliphatic carboxylic acids is 1. The van der Waals surface area contributed by atoms with E-state index < -0.39 is 36.7 Å². The number of aliphatic hydroxyl groups excluding tert-OH is 4. The molecule has 0 bridgehead atoms. The monoisotopic (exact) mass is 216 g/mol. The van der Waals surface area contributed by atoms with Gasteiger partial charge in [0.15, 0.2) is 6.29 Å². The Kier molecular flexibility index (Phi) is 5.48. The van der Waals surface area contributed by atoms with E-state index in [1.165, 1.54) is 0 Å². The van der Waals surface area contributed by atoms with Crippen LogP contribution < -0.4 is 34.7 Å². The smallest absolute Gasteiger partial charge is 0.547 e. The van der Waals surface area contributed by atoms with Gasteiger partial charge in [-0.1, -0.05) is 0 Å². The van der Waals surface area contributed by atoms with E-state index in [2.05, 4.69) is 4.74 Å². The summed E-state index contributed by atoms with van der Waals surface area (Å²) >= 11 is 0. The average molecular weight is 216 g/mol. The Bertz CT molecular complexity index is 210. The van der Waals surface area contributed by atoms with Crippen LogP contribution in [0.5, 0.6) is 0 Å². The van der Waals surface area contributed by atoms with Crippen LogP contribution in [-0.2, 0) is 9.53 Å². The number of carbonyl (C=O) groups is 1. The van der Waals surface area contributed by atoms with Crippen LogP contribution in [0.25, 0.3) is 0 Å². The van der Waals surface area contributed by atoms with Crippen molar-refractivity contribution in [3.8, 4) is 0 Å². The number of rotatable bonds is 1. The topological polar surface area (TPSA) is 130 Å². The first-order valence-corrected chi connectivity index (χ1v) is 3.53. The third kappa shape index (κ3) is 2.65. The zero-order valence-corrected chi connectivity index (χ0v) is 9.40. The summed E-state index contributed by atoms with van der Waals surface area (Å²) in [4.78, 5) is 10.3. The van der Waals surface area contributed by atoms with Gasteiger partial charge in [-0.25, -0.2) is 0 Å². The van der Waals surface area contributed by atoms with Crippen LogP contribution in [0.3, 0.4) is 0 Å². The van der Waals surface area contributed by atoms with Gasteiger partial charge in [0.2, 0.25) is 0 Å². The molecule has 0 aromatic rings. The van der Waals surface area contributed by atoms with E-state index >= 15 is 0 Å². The van der Waals surface area contributed by atoms with Crippen LogP contribution in [0.15, 0.2) is 0 Å². The SMILES string of the molecule is O=C([O-])[C@@H]1O[C@@H](O)[C@H](O)[C@H](O)[C@H]1O.[Na+]. The second kappa shape index (κ2) is 5.38. The average Bonchev–Trinajstić information content (AvgIpc) is 2.07. The molecule has 0 aromatic heterocycles. The van der Waals surface area contributed by atoms with Crippen LogP contribution in [-0.4, -0.2) is 57.1 Å². The number of aliphatic hydroxyl groups is 4. The molecule has 76 valence electrons. The first-order chi connectivity index (χ1) is 5.95. The summed E-state index contributed by atoms with van der Waals surface area (Å²) in [5.41, 5.74) is 0. The van der Waals surface area contributed by atoms with Gasteiger partial charge in [-0.3, -0.25) is 0 Å². The van der Waals surface area contributed by atoms with Gasteiger partial charge in [0.1, 0.15) is 24.4 Å². The van der Waals surface area contributed by atoms with Gasteiger partial charge in [-0.15, -0.1) is 0 Å². The van der Waals surface area contributed by atoms with Crippen molar-refractivity contribution in [2.75, 3.05) is 0 Å². The molecule has 8 heteroatoms. The summed E-state index contributed by atoms with van der Waals surface area (Å²) in [7, 11) is 0. The van der Waals surface area contributed by atoms with Crippen molar-refractivity contribution in [2.45, 2.75) is 30.7 Å². The van der Waals surface area contributed by atoms with Crippen molar-refractivity contribution in [3.05, 3.63) is 0 Å². The quantitative estimate of drug-likeness (QED) is 0.320. The maximum absolute atomic E-state index is 10.3. The summed E-state index contributed by atoms with van der Waals surface area (Å²) in [6.07, 6.45) is -9.00. The van der Waals surface area contributed by atoms with Crippen LogP contribution in [0.2, 0.25) is 0 Å². The first-order valence-electron chi connectivity index (χ1n) is 3.53. The molecule has 0 aliphatic carbocycles. The second-order valence-electron chi connectivity index (χ2n) is 2.74. The molecule has 0 amide bonds. The summed E-state index contributed by atoms with van der Waals surface area (Å²) in [5.74, 6) is -1.77. The molecule has 0 spiro atoms. The molecule has 0 aromatic carbocycles. The Morgan fingerprint density at radius 1 is 1.07 bits per heavy atom. The molecular weight excluding hydrogens is 207 g/mol. The van der Waals surface area contributed by atoms with Gasteiger partial charge >= 0.3 is 29.6 Å². The second-order valence-corrected chi connectivity index (χ2v) is 2.74. The van der Waals surface area contributed by atoms with Crippen molar-refractivity contribution >= 4 is 5.97 Å². The van der Waals surface area contributed by atoms with Crippen molar-refractivity contribution < 1.29 is 64.6 Å². The minimum atomic E-state index is -1.85. The molecule has 0 saturated carbocycles. The molecule has 0 radical (unpaired) electrons. The van der Waals surface area contributed by atoms with Gasteiger partial charge < -0.3 is 35.1 Å². The van der Waals surface area contributed by atoms with Gasteiger partial charge in [0.05, 0.1) is 5.97 Å². The number of carboxylic acid groups (broad SMARTS) is 1. The fraction of sp³-hybridized carbons (Fsp3) is 0.833. The van der Waals surface area contributed by atoms with Crippen molar-refractivity contribution in [3.63, 3.8) is 0 Å². The summed E-state index contributed by atoms with van der Waals surface area (Å²) < 4.78 is 4.28. The fourth-order valence-corrected chi connectivity index (χ4v) is 1.06. The van der Waals surface area contributed by atoms with Gasteiger partial charge in [0.25, 0.3) is 0 Å². The van der Waals surface area contributed by atoms with Crippen molar-refractivity contribution in [1.82, 2.24) is 0 Å². The predicted octanol–water partition coefficient (Wildman–Crippen LogP) is -7.46. The molecule has 0 unspecified atom stereocenters. The van der Waals surface area contributed by atoms with E-state index in [1.54, 1.807) is 0 Å². The molecule has 1 aliphatic rings. The number of carbonyl (C=O) groups excluding carboxylic acids is 1. The summed E-state index contributed by atoms with van der Waals surface area (Å²) in [6, 6.07) is 0. The largest absolute Gasteiger partial charge is 1.00 e. The van der Waals surface area contributed by atoms with E-state index in [-0.39, 0.29) is 29.6 Å². The number of ether oxygens (including phenoxy) is 1. The van der Waals surface area contributed by atoms with Crippen LogP contribution >= 0.6 is 0 Å². The van der Waals surface area contributed by atoms with Gasteiger partial charge in [0, 0.05) is 0 Å². The first kappa shape index (κ1) is 14.3. The number of hydrogen-bond donors (Lipinski definition) is 4. The molecular formula is C6H9NaO7. The minimum Gasteiger partial charge on any atom is -0.547 e. The Morgan fingerprint density at radius 2 is 1.57 bits per heavy atom. The fourth-order valence-electron chi connectivity index (χ4n) is 1.06. The Labute approximate surface area is 101 Å². The van der Waals surface area contributed by atoms with Crippen LogP contribution in [0.1, 0.15) is 0 Å². The van der Waals surface area contributed by atoms with E-state index in [1.807, 2.05) is 0 Å². The van der Waals surface area contributed by atoms with Crippen LogP contribution in [0.4, 0.5) is 0 Å².